The molecular formula is C20H25N3O2. The first-order chi connectivity index (χ1) is 12.2. The van der Waals surface area contributed by atoms with E-state index in [0.29, 0.717) is 11.5 Å². The molecule has 2 aromatic rings. The first-order valence-electron chi connectivity index (χ1n) is 8.65. The molecule has 0 aromatic heterocycles. The minimum absolute atomic E-state index is 0.0928. The number of hydrogen-bond donors (Lipinski definition) is 2. The van der Waals surface area contributed by atoms with Gasteiger partial charge in [-0.25, -0.2) is 0 Å². The Morgan fingerprint density at radius 1 is 1.20 bits per heavy atom. The van der Waals surface area contributed by atoms with Crippen LogP contribution in [0.4, 0.5) is 11.4 Å². The molecule has 1 fully saturated rings. The van der Waals surface area contributed by atoms with Crippen LogP contribution in [0.3, 0.4) is 0 Å². The van der Waals surface area contributed by atoms with E-state index in [-0.39, 0.29) is 5.91 Å². The Morgan fingerprint density at radius 2 is 1.96 bits per heavy atom. The number of nitrogens with one attached hydrogen (secondary N) is 2. The molecule has 2 N–H and O–H groups in total. The van der Waals surface area contributed by atoms with Gasteiger partial charge < -0.3 is 20.3 Å². The predicted molar refractivity (Wildman–Crippen MR) is 101 cm³/mol. The van der Waals surface area contributed by atoms with Crippen LogP contribution in [0.1, 0.15) is 16.8 Å². The van der Waals surface area contributed by atoms with E-state index in [4.69, 9.17) is 4.74 Å². The lowest BCUT2D eigenvalue weighted by Gasteiger charge is -2.19. The van der Waals surface area contributed by atoms with Crippen molar-refractivity contribution in [3.63, 3.8) is 0 Å². The minimum atomic E-state index is 0.0928. The summed E-state index contributed by atoms with van der Waals surface area (Å²) in [5, 5.41) is 6.55. The number of likely N-dealkylation sites (tertiary alicyclic amines) is 1. The molecule has 25 heavy (non-hydrogen) atoms. The van der Waals surface area contributed by atoms with E-state index in [1.54, 1.807) is 7.11 Å². The van der Waals surface area contributed by atoms with Crippen molar-refractivity contribution in [1.29, 1.82) is 0 Å². The van der Waals surface area contributed by atoms with E-state index in [1.165, 1.54) is 0 Å². The Kier molecular flexibility index (Phi) is 5.56. The fourth-order valence-corrected chi connectivity index (χ4v) is 3.25. The van der Waals surface area contributed by atoms with E-state index >= 15 is 0 Å². The van der Waals surface area contributed by atoms with Crippen molar-refractivity contribution in [2.75, 3.05) is 39.1 Å². The zero-order valence-corrected chi connectivity index (χ0v) is 14.8. The highest BCUT2D eigenvalue weighted by molar-refractivity contribution is 6.00. The summed E-state index contributed by atoms with van der Waals surface area (Å²) in [6.07, 6.45) is 1.06. The van der Waals surface area contributed by atoms with Gasteiger partial charge in [0.15, 0.2) is 0 Å². The van der Waals surface area contributed by atoms with Crippen molar-refractivity contribution in [1.82, 2.24) is 10.2 Å². The standard InChI is InChI=1S/C20H25N3O2/c1-21-13-15-11-12-23(14-15)20(24)18-5-3-4-6-19(18)22-16-7-9-17(25-2)10-8-16/h3-10,15,21-22H,11-14H2,1-2H3/t15-/m1/s1. The normalized spacial score (nSPS) is 16.7. The summed E-state index contributed by atoms with van der Waals surface area (Å²) >= 11 is 0. The number of hydrogen-bond acceptors (Lipinski definition) is 4. The third-order valence-electron chi connectivity index (χ3n) is 4.59. The summed E-state index contributed by atoms with van der Waals surface area (Å²) in [6, 6.07) is 15.4. The largest absolute Gasteiger partial charge is 0.497 e. The predicted octanol–water partition coefficient (Wildman–Crippen LogP) is 3.12. The third kappa shape index (κ3) is 4.12. The molecule has 1 atom stereocenters. The third-order valence-corrected chi connectivity index (χ3v) is 4.59. The zero-order chi connectivity index (χ0) is 17.6. The number of amides is 1. The molecule has 0 spiro atoms. The maximum Gasteiger partial charge on any atom is 0.255 e. The number of carbonyl (C=O) groups excluding carboxylic acids is 1. The maximum atomic E-state index is 13.0. The van der Waals surface area contributed by atoms with E-state index in [0.717, 1.165) is 43.2 Å². The van der Waals surface area contributed by atoms with Crippen molar-refractivity contribution < 1.29 is 9.53 Å². The summed E-state index contributed by atoms with van der Waals surface area (Å²) in [6.45, 7) is 2.59. The highest BCUT2D eigenvalue weighted by Gasteiger charge is 2.27. The van der Waals surface area contributed by atoms with Gasteiger partial charge >= 0.3 is 0 Å². The van der Waals surface area contributed by atoms with Gasteiger partial charge in [-0.1, -0.05) is 12.1 Å². The van der Waals surface area contributed by atoms with Gasteiger partial charge in [0.05, 0.1) is 18.4 Å². The Morgan fingerprint density at radius 3 is 2.68 bits per heavy atom. The number of ether oxygens (including phenoxy) is 1. The van der Waals surface area contributed by atoms with E-state index in [9.17, 15) is 4.79 Å². The monoisotopic (exact) mass is 339 g/mol. The summed E-state index contributed by atoms with van der Waals surface area (Å²) in [5.74, 6) is 1.44. The molecular weight excluding hydrogens is 314 g/mol. The molecule has 0 saturated carbocycles. The first kappa shape index (κ1) is 17.3. The van der Waals surface area contributed by atoms with Crippen LogP contribution in [-0.4, -0.2) is 44.6 Å². The van der Waals surface area contributed by atoms with Crippen LogP contribution in [0.25, 0.3) is 0 Å². The molecule has 1 aliphatic heterocycles. The van der Waals surface area contributed by atoms with Gasteiger partial charge in [0.1, 0.15) is 5.75 Å². The average Bonchev–Trinajstić information content (AvgIpc) is 3.11. The quantitative estimate of drug-likeness (QED) is 0.849. The molecule has 1 saturated heterocycles. The van der Waals surface area contributed by atoms with E-state index in [2.05, 4.69) is 10.6 Å². The smallest absolute Gasteiger partial charge is 0.255 e. The molecule has 0 aliphatic carbocycles. The van der Waals surface area contributed by atoms with Gasteiger partial charge in [-0.05, 0) is 62.3 Å². The summed E-state index contributed by atoms with van der Waals surface area (Å²) in [5.41, 5.74) is 2.47. The SMILES string of the molecule is CNC[C@H]1CCN(C(=O)c2ccccc2Nc2ccc(OC)cc2)C1. The van der Waals surface area contributed by atoms with Crippen LogP contribution in [0.5, 0.6) is 5.75 Å². The molecule has 0 radical (unpaired) electrons. The fraction of sp³-hybridized carbons (Fsp3) is 0.350. The van der Waals surface area contributed by atoms with Crippen LogP contribution < -0.4 is 15.4 Å². The van der Waals surface area contributed by atoms with Gasteiger partial charge in [-0.3, -0.25) is 4.79 Å². The maximum absolute atomic E-state index is 13.0. The summed E-state index contributed by atoms with van der Waals surface area (Å²) in [7, 11) is 3.60. The van der Waals surface area contributed by atoms with Gasteiger partial charge in [-0.2, -0.15) is 0 Å². The number of methoxy groups -OCH3 is 1. The lowest BCUT2D eigenvalue weighted by molar-refractivity contribution is 0.0788. The minimum Gasteiger partial charge on any atom is -0.497 e. The second-order valence-corrected chi connectivity index (χ2v) is 6.36. The van der Waals surface area contributed by atoms with Crippen molar-refractivity contribution in [2.24, 2.45) is 5.92 Å². The molecule has 2 aromatic carbocycles. The fourth-order valence-electron chi connectivity index (χ4n) is 3.25. The topological polar surface area (TPSA) is 53.6 Å². The van der Waals surface area contributed by atoms with Crippen LogP contribution in [-0.2, 0) is 0 Å². The van der Waals surface area contributed by atoms with Crippen molar-refractivity contribution in [3.8, 4) is 5.75 Å². The second kappa shape index (κ2) is 8.03. The van der Waals surface area contributed by atoms with E-state index in [1.807, 2.05) is 60.5 Å². The van der Waals surface area contributed by atoms with Crippen molar-refractivity contribution in [2.45, 2.75) is 6.42 Å². The number of benzene rings is 2. The number of nitrogens with zero attached hydrogens (tertiary/aromatic N) is 1. The molecule has 132 valence electrons. The van der Waals surface area contributed by atoms with Crippen LogP contribution in [0.2, 0.25) is 0 Å². The number of anilines is 2. The second-order valence-electron chi connectivity index (χ2n) is 6.36. The zero-order valence-electron chi connectivity index (χ0n) is 14.8. The summed E-state index contributed by atoms with van der Waals surface area (Å²) < 4.78 is 5.19. The lowest BCUT2D eigenvalue weighted by atomic mass is 10.1. The molecule has 1 heterocycles. The molecule has 3 rings (SSSR count). The van der Waals surface area contributed by atoms with Crippen molar-refractivity contribution >= 4 is 17.3 Å². The average molecular weight is 339 g/mol. The number of rotatable bonds is 6. The van der Waals surface area contributed by atoms with Gasteiger partial charge in [0.2, 0.25) is 0 Å². The highest BCUT2D eigenvalue weighted by Crippen LogP contribution is 2.26. The molecule has 0 unspecified atom stereocenters. The van der Waals surface area contributed by atoms with Crippen molar-refractivity contribution in [3.05, 3.63) is 54.1 Å². The molecule has 1 aliphatic rings. The Bertz CT molecular complexity index is 715. The van der Waals surface area contributed by atoms with Crippen LogP contribution >= 0.6 is 0 Å². The molecule has 5 nitrogen and oxygen atoms in total. The Hall–Kier alpha value is -2.53. The molecule has 5 heteroatoms. The Balaban J connectivity index is 1.75. The van der Waals surface area contributed by atoms with E-state index < -0.39 is 0 Å². The summed E-state index contributed by atoms with van der Waals surface area (Å²) in [4.78, 5) is 14.9. The Labute approximate surface area is 149 Å². The number of carbonyl (C=O) groups is 1. The van der Waals surface area contributed by atoms with Gasteiger partial charge in [0, 0.05) is 18.8 Å². The first-order valence-corrected chi connectivity index (χ1v) is 8.65. The van der Waals surface area contributed by atoms with Gasteiger partial charge in [0.25, 0.3) is 5.91 Å². The molecule has 0 bridgehead atoms. The lowest BCUT2D eigenvalue weighted by Crippen LogP contribution is -2.30. The highest BCUT2D eigenvalue weighted by atomic mass is 16.5. The molecule has 1 amide bonds. The van der Waals surface area contributed by atoms with Crippen LogP contribution in [0.15, 0.2) is 48.5 Å². The van der Waals surface area contributed by atoms with Gasteiger partial charge in [-0.15, -0.1) is 0 Å². The van der Waals surface area contributed by atoms with Crippen LogP contribution in [0, 0.1) is 5.92 Å². The number of para-hydroxylation sites is 1.